The van der Waals surface area contributed by atoms with Crippen LogP contribution in [0.2, 0.25) is 0 Å². The Morgan fingerprint density at radius 2 is 1.73 bits per heavy atom. The fraction of sp³-hybridized carbons (Fsp3) is 0.867. The van der Waals surface area contributed by atoms with Crippen molar-refractivity contribution in [1.29, 1.82) is 0 Å². The van der Waals surface area contributed by atoms with Gasteiger partial charge in [0.25, 0.3) is 0 Å². The SMILES string of the molecule is CCCCCCCCCCC(=O)OCC[C@@]12CCC[C@H]1[C@@H]1CCC3=CC(=O)CC[C@@H]3[C@H]1CC2. The van der Waals surface area contributed by atoms with Crippen LogP contribution in [0, 0.1) is 29.1 Å². The van der Waals surface area contributed by atoms with Gasteiger partial charge in [-0.1, -0.05) is 63.9 Å². The van der Waals surface area contributed by atoms with Crippen LogP contribution in [0.25, 0.3) is 0 Å². The summed E-state index contributed by atoms with van der Waals surface area (Å²) in [6.45, 7) is 2.89. The third-order valence-corrected chi connectivity index (χ3v) is 9.92. The number of carbonyl (C=O) groups is 2. The van der Waals surface area contributed by atoms with E-state index in [9.17, 15) is 9.59 Å². The molecule has 0 heterocycles. The summed E-state index contributed by atoms with van der Waals surface area (Å²) in [6.07, 6.45) is 24.8. The molecule has 0 saturated heterocycles. The minimum Gasteiger partial charge on any atom is -0.466 e. The van der Waals surface area contributed by atoms with Crippen LogP contribution < -0.4 is 0 Å². The van der Waals surface area contributed by atoms with Gasteiger partial charge in [-0.15, -0.1) is 0 Å². The Balaban J connectivity index is 1.18. The molecule has 0 aromatic carbocycles. The number of allylic oxidation sites excluding steroid dienone is 1. The second-order valence-electron chi connectivity index (χ2n) is 11.8. The predicted octanol–water partition coefficient (Wildman–Crippen LogP) is 7.96. The molecule has 3 nitrogen and oxygen atoms in total. The molecule has 0 aromatic heterocycles. The lowest BCUT2D eigenvalue weighted by molar-refractivity contribution is -0.145. The van der Waals surface area contributed by atoms with Crippen LogP contribution in [0.3, 0.4) is 0 Å². The van der Waals surface area contributed by atoms with Crippen LogP contribution in [0.4, 0.5) is 0 Å². The highest BCUT2D eigenvalue weighted by atomic mass is 16.5. The molecule has 4 aliphatic rings. The zero-order chi connectivity index (χ0) is 23.1. The highest BCUT2D eigenvalue weighted by molar-refractivity contribution is 5.91. The maximum atomic E-state index is 12.3. The average molecular weight is 457 g/mol. The van der Waals surface area contributed by atoms with E-state index in [-0.39, 0.29) is 5.97 Å². The van der Waals surface area contributed by atoms with E-state index in [0.717, 1.165) is 49.9 Å². The summed E-state index contributed by atoms with van der Waals surface area (Å²) in [7, 11) is 0. The molecule has 33 heavy (non-hydrogen) atoms. The summed E-state index contributed by atoms with van der Waals surface area (Å²) in [4.78, 5) is 24.2. The second-order valence-corrected chi connectivity index (χ2v) is 11.8. The number of fused-ring (bicyclic) bond motifs is 5. The number of hydrogen-bond donors (Lipinski definition) is 0. The highest BCUT2D eigenvalue weighted by Gasteiger charge is 2.54. The maximum Gasteiger partial charge on any atom is 0.305 e. The maximum absolute atomic E-state index is 12.3. The molecule has 3 heteroatoms. The second kappa shape index (κ2) is 12.0. The molecule has 4 aliphatic carbocycles. The smallest absolute Gasteiger partial charge is 0.305 e. The summed E-state index contributed by atoms with van der Waals surface area (Å²) in [5.41, 5.74) is 1.90. The zero-order valence-electron chi connectivity index (χ0n) is 21.3. The van der Waals surface area contributed by atoms with Crippen LogP contribution >= 0.6 is 0 Å². The Morgan fingerprint density at radius 1 is 0.939 bits per heavy atom. The van der Waals surface area contributed by atoms with Gasteiger partial charge in [0.2, 0.25) is 0 Å². The Kier molecular flexibility index (Phi) is 9.11. The minimum atomic E-state index is 0.0277. The van der Waals surface area contributed by atoms with Crippen molar-refractivity contribution in [3.05, 3.63) is 11.6 Å². The molecule has 0 N–H and O–H groups in total. The fourth-order valence-corrected chi connectivity index (χ4v) is 8.25. The number of unbranched alkanes of at least 4 members (excludes halogenated alkanes) is 7. The van der Waals surface area contributed by atoms with E-state index in [1.54, 1.807) is 0 Å². The molecule has 0 spiro atoms. The molecule has 0 radical (unpaired) electrons. The molecule has 0 aromatic rings. The number of carbonyl (C=O) groups excluding carboxylic acids is 2. The molecule has 0 bridgehead atoms. The van der Waals surface area contributed by atoms with Crippen molar-refractivity contribution in [3.63, 3.8) is 0 Å². The molecule has 3 fully saturated rings. The van der Waals surface area contributed by atoms with E-state index < -0.39 is 0 Å². The standard InChI is InChI=1S/C30H48O3/c1-2-3-4-5-6-7-8-9-12-29(32)33-21-20-30-18-10-11-28(30)27-15-13-23-22-24(31)14-16-25(23)26(27)17-19-30/h22,25-28H,2-21H2,1H3/t25-,26+,27+,28-,30-/m0/s1. The quantitative estimate of drug-likeness (QED) is 0.221. The molecule has 0 aliphatic heterocycles. The molecule has 3 saturated carbocycles. The van der Waals surface area contributed by atoms with Crippen molar-refractivity contribution in [2.45, 2.75) is 129 Å². The summed E-state index contributed by atoms with van der Waals surface area (Å²) in [5, 5.41) is 0. The monoisotopic (exact) mass is 456 g/mol. The van der Waals surface area contributed by atoms with E-state index >= 15 is 0 Å². The van der Waals surface area contributed by atoms with E-state index in [1.165, 1.54) is 89.0 Å². The largest absolute Gasteiger partial charge is 0.466 e. The fourth-order valence-electron chi connectivity index (χ4n) is 8.25. The Morgan fingerprint density at radius 3 is 2.55 bits per heavy atom. The van der Waals surface area contributed by atoms with Gasteiger partial charge in [-0.3, -0.25) is 9.59 Å². The predicted molar refractivity (Wildman–Crippen MR) is 134 cm³/mol. The van der Waals surface area contributed by atoms with E-state index in [1.807, 2.05) is 6.08 Å². The van der Waals surface area contributed by atoms with Crippen molar-refractivity contribution >= 4 is 11.8 Å². The number of hydrogen-bond acceptors (Lipinski definition) is 3. The van der Waals surface area contributed by atoms with Gasteiger partial charge >= 0.3 is 5.97 Å². The van der Waals surface area contributed by atoms with Crippen molar-refractivity contribution in [2.24, 2.45) is 29.1 Å². The third kappa shape index (κ3) is 6.12. The van der Waals surface area contributed by atoms with Gasteiger partial charge < -0.3 is 4.74 Å². The first-order chi connectivity index (χ1) is 16.1. The van der Waals surface area contributed by atoms with Gasteiger partial charge in [-0.2, -0.15) is 0 Å². The summed E-state index contributed by atoms with van der Waals surface area (Å²) in [6, 6.07) is 0. The summed E-state index contributed by atoms with van der Waals surface area (Å²) >= 11 is 0. The first kappa shape index (κ1) is 25.0. The van der Waals surface area contributed by atoms with E-state index in [4.69, 9.17) is 4.74 Å². The summed E-state index contributed by atoms with van der Waals surface area (Å²) in [5.74, 6) is 3.54. The normalized spacial score (nSPS) is 33.1. The van der Waals surface area contributed by atoms with Crippen LogP contribution in [-0.4, -0.2) is 18.4 Å². The number of ketones is 1. The molecule has 0 amide bonds. The zero-order valence-corrected chi connectivity index (χ0v) is 21.3. The van der Waals surface area contributed by atoms with Gasteiger partial charge in [-0.25, -0.2) is 0 Å². The highest BCUT2D eigenvalue weighted by Crippen LogP contribution is 2.63. The Bertz CT molecular complexity index is 695. The van der Waals surface area contributed by atoms with Crippen molar-refractivity contribution in [1.82, 2.24) is 0 Å². The van der Waals surface area contributed by atoms with Crippen molar-refractivity contribution in [2.75, 3.05) is 6.61 Å². The van der Waals surface area contributed by atoms with Gasteiger partial charge in [-0.05, 0) is 93.0 Å². The van der Waals surface area contributed by atoms with Gasteiger partial charge in [0, 0.05) is 12.8 Å². The molecular weight excluding hydrogens is 408 g/mol. The lowest BCUT2D eigenvalue weighted by Gasteiger charge is -2.53. The number of esters is 1. The first-order valence-electron chi connectivity index (χ1n) is 14.5. The average Bonchev–Trinajstić information content (AvgIpc) is 3.24. The van der Waals surface area contributed by atoms with Gasteiger partial charge in [0.1, 0.15) is 0 Å². The Hall–Kier alpha value is -1.12. The Labute approximate surface area is 202 Å². The van der Waals surface area contributed by atoms with Gasteiger partial charge in [0.05, 0.1) is 6.61 Å². The third-order valence-electron chi connectivity index (χ3n) is 9.92. The minimum absolute atomic E-state index is 0.0277. The molecule has 186 valence electrons. The van der Waals surface area contributed by atoms with Crippen LogP contribution in [0.1, 0.15) is 129 Å². The summed E-state index contributed by atoms with van der Waals surface area (Å²) < 4.78 is 5.76. The van der Waals surface area contributed by atoms with Crippen molar-refractivity contribution < 1.29 is 14.3 Å². The lowest BCUT2D eigenvalue weighted by atomic mass is 9.51. The number of rotatable bonds is 12. The van der Waals surface area contributed by atoms with E-state index in [0.29, 0.717) is 30.1 Å². The molecule has 0 unspecified atom stereocenters. The number of ether oxygens (including phenoxy) is 1. The lowest BCUT2D eigenvalue weighted by Crippen LogP contribution is -2.46. The van der Waals surface area contributed by atoms with Crippen LogP contribution in [-0.2, 0) is 14.3 Å². The first-order valence-corrected chi connectivity index (χ1v) is 14.5. The molecule has 4 rings (SSSR count). The molecular formula is C30H48O3. The van der Waals surface area contributed by atoms with Crippen LogP contribution in [0.5, 0.6) is 0 Å². The topological polar surface area (TPSA) is 43.4 Å². The van der Waals surface area contributed by atoms with Gasteiger partial charge in [0.15, 0.2) is 5.78 Å². The van der Waals surface area contributed by atoms with Crippen molar-refractivity contribution in [3.8, 4) is 0 Å². The van der Waals surface area contributed by atoms with Crippen LogP contribution in [0.15, 0.2) is 11.6 Å². The molecule has 5 atom stereocenters. The van der Waals surface area contributed by atoms with E-state index in [2.05, 4.69) is 6.92 Å².